The molecule has 2 nitrogen and oxygen atoms in total. The van der Waals surface area contributed by atoms with Crippen molar-refractivity contribution in [3.8, 4) is 22.5 Å². The molecule has 6 rings (SSSR count). The number of hydrogen-bond acceptors (Lipinski definition) is 2. The molecule has 0 radical (unpaired) electrons. The van der Waals surface area contributed by atoms with Gasteiger partial charge in [0.2, 0.25) is 0 Å². The fraction of sp³-hybridized carbons (Fsp3) is 0.200. The van der Waals surface area contributed by atoms with E-state index in [-0.39, 0.29) is 5.41 Å². The van der Waals surface area contributed by atoms with Crippen molar-refractivity contribution in [3.63, 3.8) is 0 Å². The Kier molecular flexibility index (Phi) is 4.04. The van der Waals surface area contributed by atoms with E-state index in [9.17, 15) is 0 Å². The number of hydrogen-bond donors (Lipinski definition) is 0. The van der Waals surface area contributed by atoms with Gasteiger partial charge in [-0.3, -0.25) is 0 Å². The Hall–Kier alpha value is -3.52. The van der Waals surface area contributed by atoms with E-state index in [1.165, 1.54) is 43.8 Å². The second kappa shape index (κ2) is 6.74. The van der Waals surface area contributed by atoms with E-state index in [0.717, 1.165) is 17.0 Å². The summed E-state index contributed by atoms with van der Waals surface area (Å²) in [6, 6.07) is 26.7. The molecule has 0 amide bonds. The summed E-state index contributed by atoms with van der Waals surface area (Å²) in [5.74, 6) is 0.517. The third-order valence-corrected chi connectivity index (χ3v) is 7.09. The van der Waals surface area contributed by atoms with Crippen molar-refractivity contribution in [1.29, 1.82) is 0 Å². The van der Waals surface area contributed by atoms with Gasteiger partial charge in [0.25, 0.3) is 0 Å². The lowest BCUT2D eigenvalue weighted by Crippen LogP contribution is -2.17. The molecule has 1 aromatic heterocycles. The predicted molar refractivity (Wildman–Crippen MR) is 134 cm³/mol. The van der Waals surface area contributed by atoms with E-state index < -0.39 is 0 Å². The van der Waals surface area contributed by atoms with Gasteiger partial charge in [0.1, 0.15) is 6.33 Å². The fourth-order valence-electron chi connectivity index (χ4n) is 5.26. The highest BCUT2D eigenvalue weighted by Gasteiger charge is 2.39. The van der Waals surface area contributed by atoms with Crippen LogP contribution >= 0.6 is 0 Å². The van der Waals surface area contributed by atoms with Gasteiger partial charge in [-0.25, -0.2) is 9.97 Å². The average molecular weight is 415 g/mol. The average Bonchev–Trinajstić information content (AvgIpc) is 3.03. The summed E-state index contributed by atoms with van der Waals surface area (Å²) < 4.78 is 0. The van der Waals surface area contributed by atoms with Crippen LogP contribution in [0.25, 0.3) is 44.1 Å². The molecule has 1 heterocycles. The maximum atomic E-state index is 4.80. The Morgan fingerprint density at radius 3 is 2.22 bits per heavy atom. The molecule has 0 saturated carbocycles. The number of benzene rings is 4. The highest BCUT2D eigenvalue weighted by atomic mass is 14.9. The molecule has 0 atom stereocenters. The zero-order valence-electron chi connectivity index (χ0n) is 19.0. The van der Waals surface area contributed by atoms with E-state index in [0.29, 0.717) is 5.92 Å². The third kappa shape index (κ3) is 2.72. The fourth-order valence-corrected chi connectivity index (χ4v) is 5.26. The molecule has 156 valence electrons. The van der Waals surface area contributed by atoms with Crippen LogP contribution in [-0.4, -0.2) is 9.97 Å². The number of fused-ring (bicyclic) bond motifs is 5. The van der Waals surface area contributed by atoms with Crippen molar-refractivity contribution < 1.29 is 0 Å². The molecule has 0 fully saturated rings. The van der Waals surface area contributed by atoms with Crippen molar-refractivity contribution in [2.24, 2.45) is 0 Å². The topological polar surface area (TPSA) is 25.8 Å². The monoisotopic (exact) mass is 414 g/mol. The number of aromatic nitrogens is 2. The number of nitrogens with zero attached hydrogens (tertiary/aromatic N) is 2. The van der Waals surface area contributed by atoms with Crippen LogP contribution in [0.1, 0.15) is 50.3 Å². The van der Waals surface area contributed by atoms with Crippen molar-refractivity contribution >= 4 is 21.5 Å². The summed E-state index contributed by atoms with van der Waals surface area (Å²) >= 11 is 0. The first kappa shape index (κ1) is 19.2. The van der Waals surface area contributed by atoms with Gasteiger partial charge < -0.3 is 0 Å². The molecular weight excluding hydrogens is 388 g/mol. The van der Waals surface area contributed by atoms with Crippen LogP contribution in [0.4, 0.5) is 0 Å². The van der Waals surface area contributed by atoms with Crippen LogP contribution in [0, 0.1) is 0 Å². The Labute approximate surface area is 189 Å². The summed E-state index contributed by atoms with van der Waals surface area (Å²) in [4.78, 5) is 9.59. The van der Waals surface area contributed by atoms with Crippen LogP contribution in [0.15, 0.2) is 79.1 Å². The first-order valence-corrected chi connectivity index (χ1v) is 11.4. The highest BCUT2D eigenvalue weighted by Crippen LogP contribution is 2.51. The lowest BCUT2D eigenvalue weighted by Gasteiger charge is -2.23. The van der Waals surface area contributed by atoms with Gasteiger partial charge in [0.05, 0.1) is 11.4 Å². The third-order valence-electron chi connectivity index (χ3n) is 7.09. The Morgan fingerprint density at radius 2 is 1.41 bits per heavy atom. The molecule has 4 aromatic carbocycles. The van der Waals surface area contributed by atoms with Gasteiger partial charge in [-0.1, -0.05) is 82.3 Å². The maximum absolute atomic E-state index is 4.80. The van der Waals surface area contributed by atoms with E-state index in [2.05, 4.69) is 100 Å². The summed E-state index contributed by atoms with van der Waals surface area (Å²) in [5.41, 5.74) is 8.26. The summed E-state index contributed by atoms with van der Waals surface area (Å²) in [6.45, 7) is 9.12. The predicted octanol–water partition coefficient (Wildman–Crippen LogP) is 7.88. The second-order valence-corrected chi connectivity index (χ2v) is 9.79. The standard InChI is InChI=1S/C30H26N2/c1-18(2)20-10-11-22-15-25-26(16-24(22)13-20)30(3,4)27-28(31-17-32-29(25)27)23-12-9-19-7-5-6-8-21(19)14-23/h5-18H,1-4H3. The normalized spacial score (nSPS) is 14.2. The largest absolute Gasteiger partial charge is 0.236 e. The maximum Gasteiger partial charge on any atom is 0.116 e. The molecule has 0 unspecified atom stereocenters. The molecule has 0 N–H and O–H groups in total. The molecule has 1 aliphatic carbocycles. The zero-order chi connectivity index (χ0) is 22.0. The Morgan fingerprint density at radius 1 is 0.688 bits per heavy atom. The molecule has 5 aromatic rings. The molecular formula is C30H26N2. The molecule has 2 heteroatoms. The van der Waals surface area contributed by atoms with Gasteiger partial charge in [-0.05, 0) is 56.8 Å². The second-order valence-electron chi connectivity index (χ2n) is 9.79. The van der Waals surface area contributed by atoms with Crippen molar-refractivity contribution in [1.82, 2.24) is 9.97 Å². The SMILES string of the molecule is CC(C)c1ccc2cc3c(cc2c1)C(C)(C)c1c(-c2ccc4ccccc4c2)ncnc1-3. The van der Waals surface area contributed by atoms with Crippen molar-refractivity contribution in [3.05, 3.63) is 95.8 Å². The van der Waals surface area contributed by atoms with Crippen LogP contribution in [0.5, 0.6) is 0 Å². The zero-order valence-corrected chi connectivity index (χ0v) is 19.0. The van der Waals surface area contributed by atoms with Gasteiger partial charge >= 0.3 is 0 Å². The minimum Gasteiger partial charge on any atom is -0.236 e. The lowest BCUT2D eigenvalue weighted by molar-refractivity contribution is 0.658. The van der Waals surface area contributed by atoms with Gasteiger partial charge in [-0.2, -0.15) is 0 Å². The van der Waals surface area contributed by atoms with Gasteiger partial charge in [0.15, 0.2) is 0 Å². The smallest absolute Gasteiger partial charge is 0.116 e. The minimum atomic E-state index is -0.172. The van der Waals surface area contributed by atoms with Gasteiger partial charge in [0, 0.05) is 22.1 Å². The Bertz CT molecular complexity index is 1530. The summed E-state index contributed by atoms with van der Waals surface area (Å²) in [5, 5.41) is 5.05. The molecule has 32 heavy (non-hydrogen) atoms. The van der Waals surface area contributed by atoms with Crippen LogP contribution in [-0.2, 0) is 5.41 Å². The van der Waals surface area contributed by atoms with Gasteiger partial charge in [-0.15, -0.1) is 0 Å². The summed E-state index contributed by atoms with van der Waals surface area (Å²) in [7, 11) is 0. The first-order valence-electron chi connectivity index (χ1n) is 11.4. The van der Waals surface area contributed by atoms with Crippen LogP contribution < -0.4 is 0 Å². The van der Waals surface area contributed by atoms with Crippen molar-refractivity contribution in [2.45, 2.75) is 39.0 Å². The van der Waals surface area contributed by atoms with E-state index in [4.69, 9.17) is 9.97 Å². The number of rotatable bonds is 2. The highest BCUT2D eigenvalue weighted by molar-refractivity contribution is 5.95. The quantitative estimate of drug-likeness (QED) is 0.293. The van der Waals surface area contributed by atoms with Crippen LogP contribution in [0.2, 0.25) is 0 Å². The first-order chi connectivity index (χ1) is 15.4. The van der Waals surface area contributed by atoms with Crippen molar-refractivity contribution in [2.75, 3.05) is 0 Å². The molecule has 0 aliphatic heterocycles. The summed E-state index contributed by atoms with van der Waals surface area (Å²) in [6.07, 6.45) is 1.72. The molecule has 0 spiro atoms. The van der Waals surface area contributed by atoms with E-state index in [1.54, 1.807) is 6.33 Å². The minimum absolute atomic E-state index is 0.172. The molecule has 1 aliphatic rings. The Balaban J connectivity index is 1.59. The molecule has 0 bridgehead atoms. The lowest BCUT2D eigenvalue weighted by atomic mass is 9.80. The molecule has 0 saturated heterocycles. The van der Waals surface area contributed by atoms with E-state index in [1.807, 2.05) is 0 Å². The van der Waals surface area contributed by atoms with E-state index >= 15 is 0 Å². The van der Waals surface area contributed by atoms with Crippen LogP contribution in [0.3, 0.4) is 0 Å².